The minimum Gasteiger partial charge on any atom is -0.367 e. The summed E-state index contributed by atoms with van der Waals surface area (Å²) in [7, 11) is 0. The molecule has 1 atom stereocenters. The molecule has 132 valence electrons. The molecule has 0 spiro atoms. The second kappa shape index (κ2) is 7.12. The summed E-state index contributed by atoms with van der Waals surface area (Å²) in [6.45, 7) is 1.91. The summed E-state index contributed by atoms with van der Waals surface area (Å²) in [5, 5.41) is 3.19. The molecule has 5 nitrogen and oxygen atoms in total. The largest absolute Gasteiger partial charge is 0.367 e. The van der Waals surface area contributed by atoms with Crippen LogP contribution in [-0.2, 0) is 19.3 Å². The Hall–Kier alpha value is -2.95. The van der Waals surface area contributed by atoms with E-state index in [1.165, 1.54) is 5.56 Å². The van der Waals surface area contributed by atoms with E-state index in [-0.39, 0.29) is 11.9 Å². The van der Waals surface area contributed by atoms with Gasteiger partial charge in [-0.05, 0) is 49.3 Å². The zero-order chi connectivity index (χ0) is 17.9. The van der Waals surface area contributed by atoms with Gasteiger partial charge < -0.3 is 10.3 Å². The lowest BCUT2D eigenvalue weighted by Crippen LogP contribution is -2.39. The fraction of sp³-hybridized carbons (Fsp3) is 0.286. The molecule has 0 saturated heterocycles. The van der Waals surface area contributed by atoms with Crippen LogP contribution in [0.5, 0.6) is 0 Å². The zero-order valence-electron chi connectivity index (χ0n) is 14.8. The molecule has 0 fully saturated rings. The quantitative estimate of drug-likeness (QED) is 0.763. The highest BCUT2D eigenvalue weighted by atomic mass is 16.1. The molecule has 3 aromatic rings. The molecule has 0 radical (unpaired) electrons. The van der Waals surface area contributed by atoms with E-state index in [9.17, 15) is 4.79 Å². The van der Waals surface area contributed by atoms with Crippen LogP contribution in [0.3, 0.4) is 0 Å². The van der Waals surface area contributed by atoms with Crippen molar-refractivity contribution in [1.82, 2.24) is 20.3 Å². The standard InChI is InChI=1S/C21H22N4O/c1-14-23-12-17-10-18(7-8-20(17)24-14)25-21(26)19-13-22-11-16(19)9-15-5-3-2-4-6-15/h2-6,11-13,18,22H,7-10H2,1H3,(H,25,26). The summed E-state index contributed by atoms with van der Waals surface area (Å²) < 4.78 is 0. The van der Waals surface area contributed by atoms with E-state index < -0.39 is 0 Å². The van der Waals surface area contributed by atoms with Gasteiger partial charge in [0.25, 0.3) is 5.91 Å². The molecule has 0 saturated carbocycles. The molecular weight excluding hydrogens is 324 g/mol. The average Bonchev–Trinajstić information content (AvgIpc) is 3.11. The van der Waals surface area contributed by atoms with Gasteiger partial charge in [-0.25, -0.2) is 9.97 Å². The number of carbonyl (C=O) groups excluding carboxylic acids is 1. The third-order valence-corrected chi connectivity index (χ3v) is 4.92. The first-order valence-electron chi connectivity index (χ1n) is 9.01. The first kappa shape index (κ1) is 16.5. The Labute approximate surface area is 152 Å². The van der Waals surface area contributed by atoms with E-state index >= 15 is 0 Å². The number of rotatable bonds is 4. The molecule has 4 rings (SSSR count). The molecule has 1 aromatic carbocycles. The number of aryl methyl sites for hydroxylation is 2. The second-order valence-corrected chi connectivity index (χ2v) is 6.86. The van der Waals surface area contributed by atoms with Gasteiger partial charge in [0.1, 0.15) is 5.82 Å². The predicted molar refractivity (Wildman–Crippen MR) is 100 cm³/mol. The maximum atomic E-state index is 12.8. The Bertz CT molecular complexity index is 917. The van der Waals surface area contributed by atoms with Gasteiger partial charge in [-0.15, -0.1) is 0 Å². The summed E-state index contributed by atoms with van der Waals surface area (Å²) in [4.78, 5) is 24.7. The van der Waals surface area contributed by atoms with E-state index in [0.717, 1.165) is 53.9 Å². The van der Waals surface area contributed by atoms with Gasteiger partial charge >= 0.3 is 0 Å². The van der Waals surface area contributed by atoms with E-state index in [0.29, 0.717) is 0 Å². The first-order valence-corrected chi connectivity index (χ1v) is 9.01. The van der Waals surface area contributed by atoms with Crippen molar-refractivity contribution in [2.24, 2.45) is 0 Å². The summed E-state index contributed by atoms with van der Waals surface area (Å²) in [6, 6.07) is 10.3. The summed E-state index contributed by atoms with van der Waals surface area (Å²) >= 11 is 0. The predicted octanol–water partition coefficient (Wildman–Crippen LogP) is 2.99. The Morgan fingerprint density at radius 1 is 1.27 bits per heavy atom. The smallest absolute Gasteiger partial charge is 0.253 e. The van der Waals surface area contributed by atoms with Gasteiger partial charge in [0.2, 0.25) is 0 Å². The van der Waals surface area contributed by atoms with Gasteiger partial charge in [-0.3, -0.25) is 4.79 Å². The Morgan fingerprint density at radius 3 is 2.96 bits per heavy atom. The number of benzene rings is 1. The van der Waals surface area contributed by atoms with Gasteiger partial charge in [0, 0.05) is 30.3 Å². The molecule has 1 unspecified atom stereocenters. The molecular formula is C21H22N4O. The third-order valence-electron chi connectivity index (χ3n) is 4.92. The van der Waals surface area contributed by atoms with Crippen molar-refractivity contribution in [3.05, 3.63) is 82.7 Å². The molecule has 1 aliphatic rings. The highest BCUT2D eigenvalue weighted by molar-refractivity contribution is 5.95. The molecule has 0 bridgehead atoms. The van der Waals surface area contributed by atoms with Crippen LogP contribution in [0, 0.1) is 6.92 Å². The van der Waals surface area contributed by atoms with Crippen LogP contribution in [0.4, 0.5) is 0 Å². The van der Waals surface area contributed by atoms with E-state index in [4.69, 9.17) is 0 Å². The maximum Gasteiger partial charge on any atom is 0.253 e. The van der Waals surface area contributed by atoms with E-state index in [2.05, 4.69) is 32.4 Å². The SMILES string of the molecule is Cc1ncc2c(n1)CCC(NC(=O)c1c[nH]cc1Cc1ccccc1)C2. The molecule has 2 heterocycles. The number of H-pyrrole nitrogens is 1. The maximum absolute atomic E-state index is 12.8. The molecule has 26 heavy (non-hydrogen) atoms. The van der Waals surface area contributed by atoms with Crippen molar-refractivity contribution in [3.63, 3.8) is 0 Å². The highest BCUT2D eigenvalue weighted by Crippen LogP contribution is 2.20. The van der Waals surface area contributed by atoms with Crippen molar-refractivity contribution in [3.8, 4) is 0 Å². The van der Waals surface area contributed by atoms with E-state index in [1.807, 2.05) is 37.5 Å². The monoisotopic (exact) mass is 346 g/mol. The van der Waals surface area contributed by atoms with Gasteiger partial charge in [0.05, 0.1) is 5.56 Å². The number of amides is 1. The number of nitrogens with zero attached hydrogens (tertiary/aromatic N) is 2. The summed E-state index contributed by atoms with van der Waals surface area (Å²) in [6.07, 6.45) is 8.92. The normalized spacial score (nSPS) is 16.1. The van der Waals surface area contributed by atoms with Crippen molar-refractivity contribution < 1.29 is 4.79 Å². The first-order chi connectivity index (χ1) is 12.7. The van der Waals surface area contributed by atoms with Crippen LogP contribution in [0.25, 0.3) is 0 Å². The van der Waals surface area contributed by atoms with Gasteiger partial charge in [0.15, 0.2) is 0 Å². The molecule has 5 heteroatoms. The molecule has 0 aliphatic heterocycles. The lowest BCUT2D eigenvalue weighted by atomic mass is 9.92. The van der Waals surface area contributed by atoms with Crippen LogP contribution in [0.1, 0.15) is 45.0 Å². The number of fused-ring (bicyclic) bond motifs is 1. The van der Waals surface area contributed by atoms with Crippen molar-refractivity contribution in [1.29, 1.82) is 0 Å². The Morgan fingerprint density at radius 2 is 2.12 bits per heavy atom. The van der Waals surface area contributed by atoms with Crippen LogP contribution in [0.15, 0.2) is 48.9 Å². The average molecular weight is 346 g/mol. The number of hydrogen-bond acceptors (Lipinski definition) is 3. The fourth-order valence-corrected chi connectivity index (χ4v) is 3.56. The summed E-state index contributed by atoms with van der Waals surface area (Å²) in [5.41, 5.74) is 5.20. The fourth-order valence-electron chi connectivity index (χ4n) is 3.56. The third kappa shape index (κ3) is 3.52. The minimum atomic E-state index is -0.0151. The van der Waals surface area contributed by atoms with Gasteiger partial charge in [-0.2, -0.15) is 0 Å². The van der Waals surface area contributed by atoms with Crippen LogP contribution >= 0.6 is 0 Å². The number of nitrogens with one attached hydrogen (secondary N) is 2. The lowest BCUT2D eigenvalue weighted by molar-refractivity contribution is 0.0933. The molecule has 2 N–H and O–H groups in total. The van der Waals surface area contributed by atoms with Crippen molar-refractivity contribution in [2.75, 3.05) is 0 Å². The van der Waals surface area contributed by atoms with Crippen molar-refractivity contribution >= 4 is 5.91 Å². The van der Waals surface area contributed by atoms with Crippen LogP contribution < -0.4 is 5.32 Å². The number of hydrogen-bond donors (Lipinski definition) is 2. The molecule has 2 aromatic heterocycles. The Balaban J connectivity index is 1.45. The lowest BCUT2D eigenvalue weighted by Gasteiger charge is -2.24. The Kier molecular flexibility index (Phi) is 4.52. The minimum absolute atomic E-state index is 0.0151. The number of aromatic nitrogens is 3. The zero-order valence-corrected chi connectivity index (χ0v) is 14.8. The number of carbonyl (C=O) groups is 1. The van der Waals surface area contributed by atoms with Gasteiger partial charge in [-0.1, -0.05) is 30.3 Å². The second-order valence-electron chi connectivity index (χ2n) is 6.86. The number of aromatic amines is 1. The van der Waals surface area contributed by atoms with Crippen LogP contribution in [-0.4, -0.2) is 26.9 Å². The molecule has 1 aliphatic carbocycles. The van der Waals surface area contributed by atoms with E-state index in [1.54, 1.807) is 6.20 Å². The van der Waals surface area contributed by atoms with Crippen molar-refractivity contribution in [2.45, 2.75) is 38.6 Å². The highest BCUT2D eigenvalue weighted by Gasteiger charge is 2.23. The molecule has 1 amide bonds. The topological polar surface area (TPSA) is 70.7 Å². The van der Waals surface area contributed by atoms with Crippen LogP contribution in [0.2, 0.25) is 0 Å². The summed E-state index contributed by atoms with van der Waals surface area (Å²) in [5.74, 6) is 0.794.